The minimum Gasteiger partial charge on any atom is -0.872 e. The molecule has 2 heterocycles. The van der Waals surface area contributed by atoms with Crippen LogP contribution in [-0.2, 0) is 7.05 Å². The second-order valence-corrected chi connectivity index (χ2v) is 6.73. The standard InChI is InChI=1S/C22H22N2O.Li/c1-13-11-20(23(5)12-15(13)3)24-18-9-7-6-8-17(18)21-14(2)10-19(25)16(4)22(21)24;/h6-12H,1-5H3;/q;+1/i1D3;. The van der Waals surface area contributed by atoms with E-state index in [0.29, 0.717) is 16.7 Å². The Bertz CT molecular complexity index is 1260. The number of fused-ring (bicyclic) bond motifs is 3. The molecular weight excluding hydrogens is 315 g/mol. The monoisotopic (exact) mass is 340 g/mol. The van der Waals surface area contributed by atoms with Crippen LogP contribution in [0.2, 0.25) is 0 Å². The summed E-state index contributed by atoms with van der Waals surface area (Å²) in [6.45, 7) is 3.38. The minimum atomic E-state index is -2.21. The van der Waals surface area contributed by atoms with Crippen molar-refractivity contribution in [3.05, 3.63) is 64.8 Å². The van der Waals surface area contributed by atoms with Crippen molar-refractivity contribution in [2.24, 2.45) is 7.05 Å². The fraction of sp³-hybridized carbons (Fsp3) is 0.227. The first-order valence-corrected chi connectivity index (χ1v) is 8.32. The average molecular weight is 340 g/mol. The van der Waals surface area contributed by atoms with Gasteiger partial charge in [0.15, 0.2) is 0 Å². The molecule has 0 amide bonds. The summed E-state index contributed by atoms with van der Waals surface area (Å²) in [6.07, 6.45) is 1.83. The van der Waals surface area contributed by atoms with Gasteiger partial charge in [0, 0.05) is 21.0 Å². The van der Waals surface area contributed by atoms with Crippen LogP contribution >= 0.6 is 0 Å². The largest absolute Gasteiger partial charge is 1.00 e. The van der Waals surface area contributed by atoms with Crippen LogP contribution in [-0.4, -0.2) is 4.57 Å². The zero-order valence-electron chi connectivity index (χ0n) is 18.8. The molecule has 0 spiro atoms. The SMILES string of the molecule is [2H]C([2H])([2H])c1cc(-n2c3ccccc3c3c(C)cc([O-])c(C)c32)[n+](C)cc1C.[Li+]. The Hall–Kier alpha value is -2.21. The normalized spacial score (nSPS) is 13.3. The van der Waals surface area contributed by atoms with Crippen LogP contribution in [0.4, 0.5) is 0 Å². The van der Waals surface area contributed by atoms with Crippen molar-refractivity contribution in [3.63, 3.8) is 0 Å². The van der Waals surface area contributed by atoms with Gasteiger partial charge in [-0.3, -0.25) is 0 Å². The number of pyridine rings is 1. The van der Waals surface area contributed by atoms with Crippen molar-refractivity contribution in [3.8, 4) is 11.6 Å². The van der Waals surface area contributed by atoms with Crippen molar-refractivity contribution in [1.82, 2.24) is 4.57 Å². The van der Waals surface area contributed by atoms with E-state index in [4.69, 9.17) is 4.11 Å². The molecule has 0 aliphatic rings. The van der Waals surface area contributed by atoms with E-state index in [-0.39, 0.29) is 24.6 Å². The minimum absolute atomic E-state index is 0. The molecular formula is C22H22LiN2O+. The number of aryl methyl sites for hydroxylation is 5. The van der Waals surface area contributed by atoms with Crippen molar-refractivity contribution >= 4 is 21.8 Å². The molecule has 0 saturated carbocycles. The first kappa shape index (κ1) is 14.9. The van der Waals surface area contributed by atoms with Gasteiger partial charge in [-0.25, -0.2) is 4.57 Å². The molecule has 4 heteroatoms. The summed E-state index contributed by atoms with van der Waals surface area (Å²) >= 11 is 0. The molecule has 4 aromatic rings. The summed E-state index contributed by atoms with van der Waals surface area (Å²) < 4.78 is 27.7. The van der Waals surface area contributed by atoms with E-state index in [1.807, 2.05) is 67.4 Å². The molecule has 126 valence electrons. The molecule has 0 atom stereocenters. The molecule has 0 aliphatic heterocycles. The van der Waals surface area contributed by atoms with Crippen molar-refractivity contribution < 1.29 is 32.6 Å². The molecule has 2 aromatic carbocycles. The van der Waals surface area contributed by atoms with E-state index in [9.17, 15) is 5.11 Å². The molecule has 2 aromatic heterocycles. The molecule has 0 fully saturated rings. The van der Waals surface area contributed by atoms with Gasteiger partial charge in [0.1, 0.15) is 11.0 Å². The molecule has 0 unspecified atom stereocenters. The van der Waals surface area contributed by atoms with Crippen LogP contribution in [0.5, 0.6) is 5.75 Å². The number of nitrogens with zero attached hydrogens (tertiary/aromatic N) is 2. The molecule has 4 rings (SSSR count). The fourth-order valence-corrected chi connectivity index (χ4v) is 3.72. The maximum atomic E-state index is 12.6. The van der Waals surface area contributed by atoms with Crippen LogP contribution < -0.4 is 28.5 Å². The van der Waals surface area contributed by atoms with Crippen LogP contribution in [0.15, 0.2) is 42.6 Å². The van der Waals surface area contributed by atoms with Gasteiger partial charge in [-0.1, -0.05) is 18.2 Å². The Morgan fingerprint density at radius 3 is 2.50 bits per heavy atom. The van der Waals surface area contributed by atoms with Crippen LogP contribution in [0, 0.1) is 27.6 Å². The second kappa shape index (κ2) is 6.50. The first-order chi connectivity index (χ1) is 13.1. The van der Waals surface area contributed by atoms with Crippen LogP contribution in [0.3, 0.4) is 0 Å². The summed E-state index contributed by atoms with van der Waals surface area (Å²) in [5.41, 5.74) is 4.40. The Kier molecular flexibility index (Phi) is 3.73. The molecule has 0 bridgehead atoms. The summed E-state index contributed by atoms with van der Waals surface area (Å²) in [6, 6.07) is 11.4. The second-order valence-electron chi connectivity index (χ2n) is 6.73. The quantitative estimate of drug-likeness (QED) is 0.375. The van der Waals surface area contributed by atoms with E-state index >= 15 is 0 Å². The molecule has 0 saturated heterocycles. The number of hydrogen-bond donors (Lipinski definition) is 0. The third kappa shape index (κ3) is 2.55. The Morgan fingerprint density at radius 2 is 1.77 bits per heavy atom. The fourth-order valence-electron chi connectivity index (χ4n) is 3.72. The van der Waals surface area contributed by atoms with Crippen molar-refractivity contribution in [2.75, 3.05) is 0 Å². The average Bonchev–Trinajstić information content (AvgIpc) is 2.94. The van der Waals surface area contributed by atoms with Gasteiger partial charge in [0.05, 0.1) is 13.2 Å². The van der Waals surface area contributed by atoms with Gasteiger partial charge in [-0.2, -0.15) is 4.57 Å². The van der Waals surface area contributed by atoms with E-state index in [2.05, 4.69) is 0 Å². The van der Waals surface area contributed by atoms with E-state index in [0.717, 1.165) is 33.2 Å². The number of rotatable bonds is 1. The van der Waals surface area contributed by atoms with Crippen LogP contribution in [0.1, 0.15) is 26.4 Å². The van der Waals surface area contributed by atoms with Crippen molar-refractivity contribution in [1.29, 1.82) is 0 Å². The Labute approximate surface area is 170 Å². The predicted molar refractivity (Wildman–Crippen MR) is 100 cm³/mol. The molecule has 0 aliphatic carbocycles. The third-order valence-corrected chi connectivity index (χ3v) is 5.02. The Morgan fingerprint density at radius 1 is 1.04 bits per heavy atom. The maximum absolute atomic E-state index is 12.6. The van der Waals surface area contributed by atoms with Crippen LogP contribution in [0.25, 0.3) is 27.6 Å². The number of para-hydroxylation sites is 1. The molecule has 0 radical (unpaired) electrons. The summed E-state index contributed by atoms with van der Waals surface area (Å²) in [5, 5.41) is 14.7. The van der Waals surface area contributed by atoms with Crippen molar-refractivity contribution in [2.45, 2.75) is 27.6 Å². The zero-order chi connectivity index (χ0) is 20.4. The van der Waals surface area contributed by atoms with Gasteiger partial charge in [-0.05, 0) is 62.0 Å². The number of hydrogen-bond acceptors (Lipinski definition) is 1. The van der Waals surface area contributed by atoms with Gasteiger partial charge >= 0.3 is 18.9 Å². The summed E-state index contributed by atoms with van der Waals surface area (Å²) in [5.74, 6) is 0.705. The van der Waals surface area contributed by atoms with Gasteiger partial charge in [0.2, 0.25) is 0 Å². The molecule has 3 nitrogen and oxygen atoms in total. The van der Waals surface area contributed by atoms with E-state index in [1.54, 1.807) is 12.1 Å². The molecule has 26 heavy (non-hydrogen) atoms. The van der Waals surface area contributed by atoms with Gasteiger partial charge in [-0.15, -0.1) is 5.75 Å². The zero-order valence-corrected chi connectivity index (χ0v) is 15.8. The first-order valence-electron chi connectivity index (χ1n) is 9.82. The maximum Gasteiger partial charge on any atom is 1.00 e. The number of aromatic nitrogens is 2. The summed E-state index contributed by atoms with van der Waals surface area (Å²) in [7, 11) is 1.90. The summed E-state index contributed by atoms with van der Waals surface area (Å²) in [4.78, 5) is 0. The number of benzene rings is 2. The predicted octanol–water partition coefficient (Wildman–Crippen LogP) is 0.919. The molecule has 0 N–H and O–H groups in total. The third-order valence-electron chi connectivity index (χ3n) is 5.02. The van der Waals surface area contributed by atoms with E-state index in [1.165, 1.54) is 0 Å². The smallest absolute Gasteiger partial charge is 0.872 e. The topological polar surface area (TPSA) is 31.9 Å². The Balaban J connectivity index is 0.00000240. The van der Waals surface area contributed by atoms with Gasteiger partial charge in [0.25, 0.3) is 5.82 Å². The van der Waals surface area contributed by atoms with Gasteiger partial charge < -0.3 is 5.11 Å². The van der Waals surface area contributed by atoms with E-state index < -0.39 is 6.85 Å².